The van der Waals surface area contributed by atoms with E-state index in [2.05, 4.69) is 13.8 Å². The van der Waals surface area contributed by atoms with Crippen LogP contribution in [0.5, 0.6) is 0 Å². The Bertz CT molecular complexity index is 161. The Morgan fingerprint density at radius 3 is 1.80 bits per heavy atom. The Morgan fingerprint density at radius 1 is 1.30 bits per heavy atom. The molecule has 0 aromatic rings. The molecule has 0 unspecified atom stereocenters. The van der Waals surface area contributed by atoms with Crippen LogP contribution in [0.4, 0.5) is 4.79 Å². The Balaban J connectivity index is 4.34. The van der Waals surface area contributed by atoms with Crippen LogP contribution in [-0.4, -0.2) is 27.0 Å². The van der Waals surface area contributed by atoms with Gasteiger partial charge in [-0.1, -0.05) is 0 Å². The molecule has 0 saturated heterocycles. The monoisotopic (exact) mass is 184 g/mol. The molecule has 0 amide bonds. The summed E-state index contributed by atoms with van der Waals surface area (Å²) in [6.45, 7) is -2.80. The van der Waals surface area contributed by atoms with Gasteiger partial charge in [0.1, 0.15) is 0 Å². The predicted molar refractivity (Wildman–Crippen MR) is 40.7 cm³/mol. The van der Waals surface area contributed by atoms with Gasteiger partial charge in [0, 0.05) is 14.2 Å². The molecule has 0 fully saturated rings. The van der Waals surface area contributed by atoms with Gasteiger partial charge in [-0.05, 0) is 11.8 Å². The van der Waals surface area contributed by atoms with Crippen LogP contribution in [0, 0.1) is 0 Å². The maximum Gasteiger partial charge on any atom is 0.390 e. The maximum absolute atomic E-state index is 10.8. The molecule has 0 bridgehead atoms. The van der Waals surface area contributed by atoms with E-state index in [0.29, 0.717) is 0 Å². The second-order valence-electron chi connectivity index (χ2n) is 1.33. The molecule has 0 rings (SSSR count). The summed E-state index contributed by atoms with van der Waals surface area (Å²) in [5.41, 5.74) is -0.618. The minimum atomic E-state index is -2.80. The van der Waals surface area contributed by atoms with Crippen molar-refractivity contribution in [1.82, 2.24) is 0 Å². The lowest BCUT2D eigenvalue weighted by Crippen LogP contribution is -2.02. The lowest BCUT2D eigenvalue weighted by Gasteiger charge is -2.13. The number of rotatable bonds is 3. The summed E-state index contributed by atoms with van der Waals surface area (Å²) in [5.74, 6) is 0. The number of hydrogen-bond acceptors (Lipinski definition) is 5. The summed E-state index contributed by atoms with van der Waals surface area (Å²) >= 11 is 4.72. The van der Waals surface area contributed by atoms with E-state index in [0.717, 1.165) is 0 Å². The smallest absolute Gasteiger partial charge is 0.390 e. The fourth-order valence-corrected chi connectivity index (χ4v) is 1.23. The second kappa shape index (κ2) is 4.03. The van der Waals surface area contributed by atoms with Crippen molar-refractivity contribution in [1.29, 1.82) is 0 Å². The summed E-state index contributed by atoms with van der Waals surface area (Å²) in [5, 5.41) is 0. The first-order valence-electron chi connectivity index (χ1n) is 2.40. The highest BCUT2D eigenvalue weighted by Gasteiger charge is 2.27. The Hall–Kier alpha value is 0.0400. The van der Waals surface area contributed by atoms with Crippen LogP contribution in [-0.2, 0) is 25.6 Å². The highest BCUT2D eigenvalue weighted by molar-refractivity contribution is 8.17. The van der Waals surface area contributed by atoms with Crippen molar-refractivity contribution in [3.05, 3.63) is 0 Å². The lowest BCUT2D eigenvalue weighted by atomic mass is 11.5. The molecule has 0 atom stereocenters. The van der Waals surface area contributed by atoms with Crippen LogP contribution in [0.3, 0.4) is 0 Å². The third-order valence-corrected chi connectivity index (χ3v) is 3.81. The van der Waals surface area contributed by atoms with Gasteiger partial charge in [-0.15, -0.1) is 0 Å². The average molecular weight is 184 g/mol. The summed E-state index contributed by atoms with van der Waals surface area (Å²) in [6, 6.07) is 0. The minimum Gasteiger partial charge on any atom is -0.462 e. The zero-order valence-corrected chi connectivity index (χ0v) is 7.70. The molecule has 0 aliphatic rings. The molecule has 60 valence electrons. The molecule has 0 spiro atoms. The van der Waals surface area contributed by atoms with E-state index in [1.54, 1.807) is 0 Å². The van der Waals surface area contributed by atoms with Gasteiger partial charge in [0.25, 0.3) is 6.49 Å². The van der Waals surface area contributed by atoms with E-state index in [1.165, 1.54) is 21.3 Å². The molecular weight excluding hydrogens is 175 g/mol. The van der Waals surface area contributed by atoms with Crippen LogP contribution in [0.1, 0.15) is 0 Å². The zero-order valence-electron chi connectivity index (χ0n) is 5.99. The highest BCUT2D eigenvalue weighted by atomic mass is 32.5. The molecule has 6 heteroatoms. The second-order valence-corrected chi connectivity index (χ2v) is 4.87. The Morgan fingerprint density at radius 2 is 1.70 bits per heavy atom. The van der Waals surface area contributed by atoms with Crippen LogP contribution in [0.15, 0.2) is 0 Å². The fraction of sp³-hybridized carbons (Fsp3) is 0.750. The lowest BCUT2D eigenvalue weighted by molar-refractivity contribution is 0.188. The van der Waals surface area contributed by atoms with Gasteiger partial charge < -0.3 is 13.8 Å². The standard InChI is InChI=1S/C4H9O4PS/c1-6-4(5)9(10,7-2)8-3/h1-3H3. The van der Waals surface area contributed by atoms with E-state index in [-0.39, 0.29) is 0 Å². The molecule has 0 aliphatic heterocycles. The van der Waals surface area contributed by atoms with Gasteiger partial charge in [0.15, 0.2) is 0 Å². The number of methoxy groups -OCH3 is 1. The molecular formula is C4H9O4PS. The molecule has 0 aromatic heterocycles. The Kier molecular flexibility index (Phi) is 4.05. The third-order valence-electron chi connectivity index (χ3n) is 0.879. The molecule has 0 aliphatic carbocycles. The van der Waals surface area contributed by atoms with Crippen molar-refractivity contribution in [2.24, 2.45) is 0 Å². The summed E-state index contributed by atoms with van der Waals surface area (Å²) in [7, 11) is 3.88. The van der Waals surface area contributed by atoms with Crippen molar-refractivity contribution >= 4 is 24.0 Å². The number of carbonyl (C=O) groups is 1. The summed E-state index contributed by atoms with van der Waals surface area (Å²) in [4.78, 5) is 10.8. The van der Waals surface area contributed by atoms with E-state index in [1.807, 2.05) is 0 Å². The van der Waals surface area contributed by atoms with Crippen LogP contribution < -0.4 is 0 Å². The van der Waals surface area contributed by atoms with Crippen LogP contribution in [0.25, 0.3) is 0 Å². The maximum atomic E-state index is 10.8. The van der Waals surface area contributed by atoms with E-state index < -0.39 is 12.2 Å². The van der Waals surface area contributed by atoms with E-state index in [4.69, 9.17) is 11.8 Å². The van der Waals surface area contributed by atoms with Crippen molar-refractivity contribution < 1.29 is 18.6 Å². The number of hydrogen-bond donors (Lipinski definition) is 0. The first-order valence-corrected chi connectivity index (χ1v) is 5.04. The third kappa shape index (κ3) is 2.02. The normalized spacial score (nSPS) is 11.1. The van der Waals surface area contributed by atoms with Crippen LogP contribution in [0.2, 0.25) is 0 Å². The van der Waals surface area contributed by atoms with Crippen molar-refractivity contribution in [3.63, 3.8) is 0 Å². The van der Waals surface area contributed by atoms with Gasteiger partial charge in [-0.3, -0.25) is 0 Å². The quantitative estimate of drug-likeness (QED) is 0.619. The van der Waals surface area contributed by atoms with Gasteiger partial charge >= 0.3 is 5.71 Å². The van der Waals surface area contributed by atoms with Crippen molar-refractivity contribution in [2.45, 2.75) is 0 Å². The van der Waals surface area contributed by atoms with Gasteiger partial charge in [-0.2, -0.15) is 0 Å². The molecule has 4 nitrogen and oxygen atoms in total. The van der Waals surface area contributed by atoms with Crippen molar-refractivity contribution in [3.8, 4) is 0 Å². The molecule has 0 heterocycles. The average Bonchev–Trinajstić information content (AvgIpc) is 2.01. The topological polar surface area (TPSA) is 44.8 Å². The predicted octanol–water partition coefficient (Wildman–Crippen LogP) is 1.36. The first-order chi connectivity index (χ1) is 4.60. The zero-order chi connectivity index (χ0) is 8.20. The minimum absolute atomic E-state index is 0.618. The number of ether oxygens (including phenoxy) is 1. The van der Waals surface area contributed by atoms with Crippen LogP contribution >= 0.6 is 6.49 Å². The summed E-state index contributed by atoms with van der Waals surface area (Å²) in [6.07, 6.45) is 0. The van der Waals surface area contributed by atoms with Crippen molar-refractivity contribution in [2.75, 3.05) is 21.3 Å². The molecule has 0 saturated carbocycles. The Labute approximate surface area is 64.6 Å². The summed E-state index contributed by atoms with van der Waals surface area (Å²) < 4.78 is 13.7. The largest absolute Gasteiger partial charge is 0.462 e. The highest BCUT2D eigenvalue weighted by Crippen LogP contribution is 2.48. The van der Waals surface area contributed by atoms with Gasteiger partial charge in [-0.25, -0.2) is 4.79 Å². The molecule has 0 N–H and O–H groups in total. The fourth-order valence-electron chi connectivity index (χ4n) is 0.335. The van der Waals surface area contributed by atoms with E-state index >= 15 is 0 Å². The van der Waals surface area contributed by atoms with Gasteiger partial charge in [0.05, 0.1) is 7.11 Å². The number of carbonyl (C=O) groups excluding carboxylic acids is 1. The first kappa shape index (κ1) is 10.0. The molecule has 0 aromatic carbocycles. The van der Waals surface area contributed by atoms with E-state index in [9.17, 15) is 4.79 Å². The SMILES string of the molecule is COC(=O)P(=S)(OC)OC. The molecule has 0 radical (unpaired) electrons. The molecule has 10 heavy (non-hydrogen) atoms. The van der Waals surface area contributed by atoms with Gasteiger partial charge in [0.2, 0.25) is 0 Å².